The molecule has 0 saturated heterocycles. The van der Waals surface area contributed by atoms with Crippen LogP contribution in [0.15, 0.2) is 27.6 Å². The molecule has 0 aliphatic carbocycles. The first-order chi connectivity index (χ1) is 10.5. The van der Waals surface area contributed by atoms with E-state index in [-0.39, 0.29) is 23.0 Å². The van der Waals surface area contributed by atoms with Crippen LogP contribution in [-0.4, -0.2) is 18.6 Å². The molecule has 0 fully saturated rings. The third-order valence-corrected chi connectivity index (χ3v) is 5.44. The van der Waals surface area contributed by atoms with Crippen molar-refractivity contribution in [3.63, 3.8) is 0 Å². The van der Waals surface area contributed by atoms with Gasteiger partial charge in [-0.15, -0.1) is 0 Å². The lowest BCUT2D eigenvalue weighted by Crippen LogP contribution is -2.14. The van der Waals surface area contributed by atoms with Gasteiger partial charge in [-0.3, -0.25) is 0 Å². The smallest absolute Gasteiger partial charge is 0.242 e. The molecule has 0 aliphatic rings. The third kappa shape index (κ3) is 3.99. The van der Waals surface area contributed by atoms with E-state index in [2.05, 4.69) is 30.9 Å². The van der Waals surface area contributed by atoms with Crippen LogP contribution in [0.2, 0.25) is 0 Å². The Bertz CT molecular complexity index is 799. The molecular weight excluding hydrogens is 312 g/mol. The van der Waals surface area contributed by atoms with Gasteiger partial charge in [0, 0.05) is 5.92 Å². The van der Waals surface area contributed by atoms with Crippen LogP contribution in [0.1, 0.15) is 63.4 Å². The van der Waals surface area contributed by atoms with Crippen molar-refractivity contribution in [3.05, 3.63) is 41.0 Å². The van der Waals surface area contributed by atoms with E-state index < -0.39 is 9.84 Å². The normalized spacial score (nSPS) is 12.8. The van der Waals surface area contributed by atoms with E-state index in [0.717, 1.165) is 11.1 Å². The monoisotopic (exact) mass is 336 g/mol. The lowest BCUT2D eigenvalue weighted by atomic mass is 9.87. The summed E-state index contributed by atoms with van der Waals surface area (Å²) in [5, 5.41) is 3.82. The van der Waals surface area contributed by atoms with Crippen molar-refractivity contribution in [2.24, 2.45) is 0 Å². The molecule has 0 N–H and O–H groups in total. The van der Waals surface area contributed by atoms with E-state index in [0.29, 0.717) is 10.7 Å². The number of nitrogens with zero attached hydrogens (tertiary/aromatic N) is 2. The first-order valence-corrected chi connectivity index (χ1v) is 9.32. The minimum Gasteiger partial charge on any atom is -0.338 e. The summed E-state index contributed by atoms with van der Waals surface area (Å²) < 4.78 is 30.6. The summed E-state index contributed by atoms with van der Waals surface area (Å²) in [4.78, 5) is 4.49. The van der Waals surface area contributed by atoms with Crippen LogP contribution in [0.4, 0.5) is 0 Å². The van der Waals surface area contributed by atoms with Crippen LogP contribution in [-0.2, 0) is 21.0 Å². The standard InChI is InChI=1S/C17H24N2O3S/c1-11(2)16-18-15(22-19-16)10-23(20,21)14-9-13(17(4,5)6)8-7-12(14)3/h7-9,11H,10H2,1-6H3. The maximum Gasteiger partial charge on any atom is 0.242 e. The average molecular weight is 336 g/mol. The Balaban J connectivity index is 2.39. The SMILES string of the molecule is Cc1ccc(C(C)(C)C)cc1S(=O)(=O)Cc1nc(C(C)C)no1. The highest BCUT2D eigenvalue weighted by Gasteiger charge is 2.24. The summed E-state index contributed by atoms with van der Waals surface area (Å²) in [7, 11) is -3.54. The van der Waals surface area contributed by atoms with E-state index in [9.17, 15) is 8.42 Å². The molecular formula is C17H24N2O3S. The van der Waals surface area contributed by atoms with Gasteiger partial charge in [-0.1, -0.05) is 51.9 Å². The lowest BCUT2D eigenvalue weighted by molar-refractivity contribution is 0.380. The maximum atomic E-state index is 12.8. The molecule has 23 heavy (non-hydrogen) atoms. The second kappa shape index (κ2) is 6.07. The molecule has 0 unspecified atom stereocenters. The molecule has 6 heteroatoms. The molecule has 1 heterocycles. The molecule has 0 saturated carbocycles. The van der Waals surface area contributed by atoms with Gasteiger partial charge < -0.3 is 4.52 Å². The highest BCUT2D eigenvalue weighted by Crippen LogP contribution is 2.28. The van der Waals surface area contributed by atoms with Gasteiger partial charge >= 0.3 is 0 Å². The predicted octanol–water partition coefficient (Wildman–Crippen LogP) is 3.77. The zero-order valence-electron chi connectivity index (χ0n) is 14.5. The summed E-state index contributed by atoms with van der Waals surface area (Å²) in [5.41, 5.74) is 1.59. The molecule has 1 aromatic heterocycles. The van der Waals surface area contributed by atoms with Gasteiger partial charge in [-0.25, -0.2) is 8.42 Å². The fourth-order valence-corrected chi connectivity index (χ4v) is 3.67. The summed E-state index contributed by atoms with van der Waals surface area (Å²) in [6.45, 7) is 11.8. The Hall–Kier alpha value is -1.69. The van der Waals surface area contributed by atoms with Gasteiger partial charge in [0.15, 0.2) is 15.7 Å². The van der Waals surface area contributed by atoms with Gasteiger partial charge in [-0.05, 0) is 29.5 Å². The first-order valence-electron chi connectivity index (χ1n) is 7.67. The molecule has 0 spiro atoms. The van der Waals surface area contributed by atoms with Gasteiger partial charge in [0.2, 0.25) is 5.89 Å². The Morgan fingerprint density at radius 3 is 2.39 bits per heavy atom. The summed E-state index contributed by atoms with van der Waals surface area (Å²) in [6, 6.07) is 5.57. The Morgan fingerprint density at radius 2 is 1.87 bits per heavy atom. The van der Waals surface area contributed by atoms with Crippen LogP contribution in [0, 0.1) is 6.92 Å². The Labute approximate surface area is 138 Å². The van der Waals surface area contributed by atoms with Crippen molar-refractivity contribution in [2.45, 2.75) is 63.5 Å². The van der Waals surface area contributed by atoms with Crippen molar-refractivity contribution < 1.29 is 12.9 Å². The topological polar surface area (TPSA) is 73.1 Å². The van der Waals surface area contributed by atoms with E-state index in [1.165, 1.54) is 0 Å². The minimum atomic E-state index is -3.54. The molecule has 0 radical (unpaired) electrons. The number of sulfone groups is 1. The molecule has 126 valence electrons. The molecule has 5 nitrogen and oxygen atoms in total. The summed E-state index contributed by atoms with van der Waals surface area (Å²) >= 11 is 0. The van der Waals surface area contributed by atoms with Crippen molar-refractivity contribution in [1.29, 1.82) is 0 Å². The van der Waals surface area contributed by atoms with E-state index in [1.807, 2.05) is 26.0 Å². The first kappa shape index (κ1) is 17.7. The van der Waals surface area contributed by atoms with Gasteiger partial charge in [0.05, 0.1) is 4.90 Å². The molecule has 0 atom stereocenters. The van der Waals surface area contributed by atoms with Crippen LogP contribution in [0.5, 0.6) is 0 Å². The number of aryl methyl sites for hydroxylation is 1. The Morgan fingerprint density at radius 1 is 1.22 bits per heavy atom. The fraction of sp³-hybridized carbons (Fsp3) is 0.529. The average Bonchev–Trinajstić information content (AvgIpc) is 2.85. The van der Waals surface area contributed by atoms with Crippen molar-refractivity contribution in [2.75, 3.05) is 0 Å². The number of aromatic nitrogens is 2. The van der Waals surface area contributed by atoms with Crippen molar-refractivity contribution in [3.8, 4) is 0 Å². The minimum absolute atomic E-state index is 0.0983. The number of hydrogen-bond donors (Lipinski definition) is 0. The van der Waals surface area contributed by atoms with Crippen LogP contribution in [0.25, 0.3) is 0 Å². The second-order valence-electron chi connectivity index (χ2n) is 7.19. The molecule has 2 aromatic rings. The largest absolute Gasteiger partial charge is 0.338 e. The van der Waals surface area contributed by atoms with E-state index >= 15 is 0 Å². The second-order valence-corrected chi connectivity index (χ2v) is 9.15. The predicted molar refractivity (Wildman–Crippen MR) is 89.2 cm³/mol. The molecule has 0 amide bonds. The fourth-order valence-electron chi connectivity index (χ4n) is 2.20. The Kier molecular flexibility index (Phi) is 4.66. The van der Waals surface area contributed by atoms with E-state index in [4.69, 9.17) is 4.52 Å². The summed E-state index contributed by atoms with van der Waals surface area (Å²) in [6.07, 6.45) is 0. The quantitative estimate of drug-likeness (QED) is 0.849. The van der Waals surface area contributed by atoms with Crippen LogP contribution in [0.3, 0.4) is 0 Å². The molecule has 0 aliphatic heterocycles. The van der Waals surface area contributed by atoms with Gasteiger partial charge in [0.1, 0.15) is 5.75 Å². The molecule has 2 rings (SSSR count). The molecule has 0 bridgehead atoms. The van der Waals surface area contributed by atoms with Crippen molar-refractivity contribution >= 4 is 9.84 Å². The van der Waals surface area contributed by atoms with Crippen LogP contribution < -0.4 is 0 Å². The zero-order chi connectivity index (χ0) is 17.4. The number of benzene rings is 1. The number of rotatable bonds is 4. The highest BCUT2D eigenvalue weighted by atomic mass is 32.2. The lowest BCUT2D eigenvalue weighted by Gasteiger charge is -2.20. The molecule has 1 aromatic carbocycles. The summed E-state index contributed by atoms with van der Waals surface area (Å²) in [5.74, 6) is 0.479. The third-order valence-electron chi connectivity index (χ3n) is 3.70. The maximum absolute atomic E-state index is 12.8. The van der Waals surface area contributed by atoms with E-state index in [1.54, 1.807) is 13.0 Å². The zero-order valence-corrected chi connectivity index (χ0v) is 15.4. The highest BCUT2D eigenvalue weighted by molar-refractivity contribution is 7.90. The van der Waals surface area contributed by atoms with Crippen molar-refractivity contribution in [1.82, 2.24) is 10.1 Å². The van der Waals surface area contributed by atoms with Crippen LogP contribution >= 0.6 is 0 Å². The number of hydrogen-bond acceptors (Lipinski definition) is 5. The van der Waals surface area contributed by atoms with Gasteiger partial charge in [-0.2, -0.15) is 4.98 Å². The van der Waals surface area contributed by atoms with Gasteiger partial charge in [0.25, 0.3) is 0 Å².